The molecular formula is C18H26N2O2. The Morgan fingerprint density at radius 2 is 1.86 bits per heavy atom. The molecule has 1 heterocycles. The zero-order valence-electron chi connectivity index (χ0n) is 13.6. The lowest BCUT2D eigenvalue weighted by Gasteiger charge is -2.33. The molecule has 120 valence electrons. The maximum atomic E-state index is 12.8. The molecule has 1 aliphatic rings. The maximum absolute atomic E-state index is 12.8. The second kappa shape index (κ2) is 7.97. The summed E-state index contributed by atoms with van der Waals surface area (Å²) < 4.78 is 0. The fourth-order valence-corrected chi connectivity index (χ4v) is 3.07. The van der Waals surface area contributed by atoms with Crippen LogP contribution < -0.4 is 0 Å². The average Bonchev–Trinajstić information content (AvgIpc) is 2.72. The summed E-state index contributed by atoms with van der Waals surface area (Å²) in [4.78, 5) is 28.9. The lowest BCUT2D eigenvalue weighted by molar-refractivity contribution is -0.145. The van der Waals surface area contributed by atoms with Crippen LogP contribution in [0.1, 0.15) is 45.1 Å². The molecule has 0 bridgehead atoms. The van der Waals surface area contributed by atoms with Crippen LogP contribution in [-0.4, -0.2) is 40.7 Å². The van der Waals surface area contributed by atoms with Crippen molar-refractivity contribution in [1.29, 1.82) is 0 Å². The van der Waals surface area contributed by atoms with E-state index in [0.29, 0.717) is 26.1 Å². The molecule has 1 aromatic rings. The number of hydrogen-bond donors (Lipinski definition) is 0. The Bertz CT molecular complexity index is 497. The highest BCUT2D eigenvalue weighted by molar-refractivity contribution is 5.88. The van der Waals surface area contributed by atoms with Crippen molar-refractivity contribution in [2.75, 3.05) is 13.1 Å². The van der Waals surface area contributed by atoms with E-state index < -0.39 is 0 Å². The van der Waals surface area contributed by atoms with Crippen molar-refractivity contribution in [3.8, 4) is 0 Å². The number of carbonyl (C=O) groups excluding carboxylic acids is 2. The van der Waals surface area contributed by atoms with Crippen molar-refractivity contribution < 1.29 is 9.59 Å². The Balaban J connectivity index is 2.22. The van der Waals surface area contributed by atoms with Crippen molar-refractivity contribution in [2.24, 2.45) is 0 Å². The van der Waals surface area contributed by atoms with Gasteiger partial charge in [0.05, 0.1) is 0 Å². The molecule has 2 rings (SSSR count). The van der Waals surface area contributed by atoms with Crippen LogP contribution in [-0.2, 0) is 16.1 Å². The predicted octanol–water partition coefficient (Wildman–Crippen LogP) is 2.83. The van der Waals surface area contributed by atoms with Gasteiger partial charge in [-0.3, -0.25) is 9.59 Å². The van der Waals surface area contributed by atoms with Gasteiger partial charge in [-0.05, 0) is 32.3 Å². The molecule has 4 nitrogen and oxygen atoms in total. The zero-order valence-corrected chi connectivity index (χ0v) is 13.6. The summed E-state index contributed by atoms with van der Waals surface area (Å²) in [5.41, 5.74) is 1.08. The molecule has 22 heavy (non-hydrogen) atoms. The first-order chi connectivity index (χ1) is 10.7. The summed E-state index contributed by atoms with van der Waals surface area (Å²) in [5, 5.41) is 0. The molecule has 1 aliphatic heterocycles. The first-order valence-electron chi connectivity index (χ1n) is 8.29. The molecule has 1 atom stereocenters. The smallest absolute Gasteiger partial charge is 0.245 e. The van der Waals surface area contributed by atoms with Crippen molar-refractivity contribution in [2.45, 2.75) is 52.1 Å². The van der Waals surface area contributed by atoms with Crippen LogP contribution >= 0.6 is 0 Å². The molecule has 1 unspecified atom stereocenters. The van der Waals surface area contributed by atoms with E-state index in [1.165, 1.54) is 0 Å². The summed E-state index contributed by atoms with van der Waals surface area (Å²) in [7, 11) is 0. The maximum Gasteiger partial charge on any atom is 0.245 e. The van der Waals surface area contributed by atoms with Gasteiger partial charge in [-0.25, -0.2) is 0 Å². The standard InChI is InChI=1S/C18H26N2O2/c1-3-19(4-2)18(22)16-12-8-9-13-17(21)20(16)14-15-10-6-5-7-11-15/h5-7,10-11,16H,3-4,8-9,12-14H2,1-2H3. The summed E-state index contributed by atoms with van der Waals surface area (Å²) in [6.45, 7) is 5.89. The fourth-order valence-electron chi connectivity index (χ4n) is 3.07. The SMILES string of the molecule is CCN(CC)C(=O)C1CCCCC(=O)N1Cc1ccccc1. The molecule has 2 amide bonds. The predicted molar refractivity (Wildman–Crippen MR) is 87.2 cm³/mol. The molecule has 1 aromatic carbocycles. The summed E-state index contributed by atoms with van der Waals surface area (Å²) in [6.07, 6.45) is 3.14. The van der Waals surface area contributed by atoms with Gasteiger partial charge in [0.15, 0.2) is 0 Å². The molecular weight excluding hydrogens is 276 g/mol. The fraction of sp³-hybridized carbons (Fsp3) is 0.556. The molecule has 0 spiro atoms. The molecule has 0 saturated carbocycles. The van der Waals surface area contributed by atoms with Crippen LogP contribution in [0.25, 0.3) is 0 Å². The minimum atomic E-state index is -0.310. The Morgan fingerprint density at radius 3 is 2.50 bits per heavy atom. The van der Waals surface area contributed by atoms with Gasteiger partial charge in [-0.2, -0.15) is 0 Å². The number of hydrogen-bond acceptors (Lipinski definition) is 2. The van der Waals surface area contributed by atoms with Gasteiger partial charge in [0.2, 0.25) is 11.8 Å². The van der Waals surface area contributed by atoms with E-state index in [1.807, 2.05) is 49.1 Å². The van der Waals surface area contributed by atoms with Crippen molar-refractivity contribution in [3.63, 3.8) is 0 Å². The Morgan fingerprint density at radius 1 is 1.18 bits per heavy atom. The van der Waals surface area contributed by atoms with E-state index >= 15 is 0 Å². The van der Waals surface area contributed by atoms with Gasteiger partial charge in [0.1, 0.15) is 6.04 Å². The number of amides is 2. The number of nitrogens with zero attached hydrogens (tertiary/aromatic N) is 2. The molecule has 0 radical (unpaired) electrons. The quantitative estimate of drug-likeness (QED) is 0.839. The zero-order chi connectivity index (χ0) is 15.9. The first kappa shape index (κ1) is 16.5. The monoisotopic (exact) mass is 302 g/mol. The summed E-state index contributed by atoms with van der Waals surface area (Å²) in [6, 6.07) is 9.62. The third-order valence-electron chi connectivity index (χ3n) is 4.37. The van der Waals surface area contributed by atoms with Gasteiger partial charge >= 0.3 is 0 Å². The van der Waals surface area contributed by atoms with Crippen LogP contribution in [0.2, 0.25) is 0 Å². The Labute approximate surface area is 133 Å². The average molecular weight is 302 g/mol. The largest absolute Gasteiger partial charge is 0.341 e. The third-order valence-corrected chi connectivity index (χ3v) is 4.37. The van der Waals surface area contributed by atoms with Gasteiger partial charge in [0.25, 0.3) is 0 Å². The molecule has 1 fully saturated rings. The van der Waals surface area contributed by atoms with Crippen LogP contribution in [0.4, 0.5) is 0 Å². The van der Waals surface area contributed by atoms with E-state index in [1.54, 1.807) is 4.90 Å². The minimum absolute atomic E-state index is 0.0937. The Kier molecular flexibility index (Phi) is 5.99. The van der Waals surface area contributed by atoms with Gasteiger partial charge in [0, 0.05) is 26.1 Å². The van der Waals surface area contributed by atoms with Crippen LogP contribution in [0, 0.1) is 0 Å². The number of benzene rings is 1. The topological polar surface area (TPSA) is 40.6 Å². The normalized spacial score (nSPS) is 18.9. The highest BCUT2D eigenvalue weighted by Crippen LogP contribution is 2.22. The van der Waals surface area contributed by atoms with E-state index in [0.717, 1.165) is 24.8 Å². The van der Waals surface area contributed by atoms with Gasteiger partial charge < -0.3 is 9.80 Å². The molecule has 1 saturated heterocycles. The van der Waals surface area contributed by atoms with Crippen LogP contribution in [0.5, 0.6) is 0 Å². The van der Waals surface area contributed by atoms with Crippen molar-refractivity contribution in [1.82, 2.24) is 9.80 Å². The number of likely N-dealkylation sites (tertiary alicyclic amines) is 1. The lowest BCUT2D eigenvalue weighted by Crippen LogP contribution is -2.49. The number of likely N-dealkylation sites (N-methyl/N-ethyl adjacent to an activating group) is 1. The third kappa shape index (κ3) is 3.87. The van der Waals surface area contributed by atoms with Gasteiger partial charge in [-0.15, -0.1) is 0 Å². The van der Waals surface area contributed by atoms with Crippen LogP contribution in [0.3, 0.4) is 0 Å². The second-order valence-corrected chi connectivity index (χ2v) is 5.78. The number of rotatable bonds is 5. The van der Waals surface area contributed by atoms with E-state index in [2.05, 4.69) is 0 Å². The van der Waals surface area contributed by atoms with Gasteiger partial charge in [-0.1, -0.05) is 36.8 Å². The Hall–Kier alpha value is -1.84. The molecule has 4 heteroatoms. The second-order valence-electron chi connectivity index (χ2n) is 5.78. The highest BCUT2D eigenvalue weighted by Gasteiger charge is 2.33. The molecule has 0 N–H and O–H groups in total. The summed E-state index contributed by atoms with van der Waals surface area (Å²) >= 11 is 0. The van der Waals surface area contributed by atoms with E-state index in [4.69, 9.17) is 0 Å². The van der Waals surface area contributed by atoms with E-state index in [9.17, 15) is 9.59 Å². The van der Waals surface area contributed by atoms with Crippen LogP contribution in [0.15, 0.2) is 30.3 Å². The number of carbonyl (C=O) groups is 2. The minimum Gasteiger partial charge on any atom is -0.341 e. The molecule has 0 aliphatic carbocycles. The first-order valence-corrected chi connectivity index (χ1v) is 8.29. The van der Waals surface area contributed by atoms with E-state index in [-0.39, 0.29) is 17.9 Å². The van der Waals surface area contributed by atoms with Crippen molar-refractivity contribution >= 4 is 11.8 Å². The lowest BCUT2D eigenvalue weighted by atomic mass is 10.1. The molecule has 0 aromatic heterocycles. The van der Waals surface area contributed by atoms with Crippen molar-refractivity contribution in [3.05, 3.63) is 35.9 Å². The summed E-state index contributed by atoms with van der Waals surface area (Å²) in [5.74, 6) is 0.197. The highest BCUT2D eigenvalue weighted by atomic mass is 16.2.